The van der Waals surface area contributed by atoms with E-state index in [1.165, 1.54) is 11.1 Å². The Kier molecular flexibility index (Phi) is 3.11. The fourth-order valence-electron chi connectivity index (χ4n) is 2.73. The van der Waals surface area contributed by atoms with Crippen molar-refractivity contribution < 1.29 is 9.21 Å². The highest BCUT2D eigenvalue weighted by Crippen LogP contribution is 2.26. The van der Waals surface area contributed by atoms with E-state index in [9.17, 15) is 4.79 Å². The number of carbonyl (C=O) groups excluding carboxylic acids is 1. The van der Waals surface area contributed by atoms with Gasteiger partial charge in [0.2, 0.25) is 0 Å². The van der Waals surface area contributed by atoms with Gasteiger partial charge in [-0.2, -0.15) is 0 Å². The minimum atomic E-state index is -0.00801. The van der Waals surface area contributed by atoms with Crippen LogP contribution in [0.2, 0.25) is 0 Å². The first-order valence-corrected chi connectivity index (χ1v) is 6.71. The molecular weight excluding hydrogens is 238 g/mol. The molecule has 1 aromatic heterocycles. The molecule has 98 valence electrons. The SMILES string of the molecule is CCC1Cc2ccccc2CN1C(=O)c1ccco1. The molecule has 0 spiro atoms. The van der Waals surface area contributed by atoms with Crippen molar-refractivity contribution in [1.82, 2.24) is 4.90 Å². The molecule has 1 atom stereocenters. The van der Waals surface area contributed by atoms with Crippen LogP contribution in [0.4, 0.5) is 0 Å². The van der Waals surface area contributed by atoms with Crippen molar-refractivity contribution in [3.63, 3.8) is 0 Å². The first-order valence-electron chi connectivity index (χ1n) is 6.71. The number of rotatable bonds is 2. The quantitative estimate of drug-likeness (QED) is 0.825. The highest BCUT2D eigenvalue weighted by molar-refractivity contribution is 5.91. The van der Waals surface area contributed by atoms with Gasteiger partial charge in [0.05, 0.1) is 6.26 Å². The first kappa shape index (κ1) is 12.0. The molecule has 0 radical (unpaired) electrons. The summed E-state index contributed by atoms with van der Waals surface area (Å²) in [6.07, 6.45) is 3.44. The number of benzene rings is 1. The van der Waals surface area contributed by atoms with Crippen LogP contribution in [0.15, 0.2) is 47.1 Å². The largest absolute Gasteiger partial charge is 0.459 e. The van der Waals surface area contributed by atoms with Gasteiger partial charge in [-0.15, -0.1) is 0 Å². The van der Waals surface area contributed by atoms with Crippen molar-refractivity contribution in [3.8, 4) is 0 Å². The summed E-state index contributed by atoms with van der Waals surface area (Å²) in [4.78, 5) is 14.4. The Bertz CT molecular complexity index is 574. The molecule has 1 amide bonds. The summed E-state index contributed by atoms with van der Waals surface area (Å²) in [6, 6.07) is 12.1. The van der Waals surface area contributed by atoms with Crippen LogP contribution in [0.3, 0.4) is 0 Å². The van der Waals surface area contributed by atoms with E-state index in [-0.39, 0.29) is 11.9 Å². The Morgan fingerprint density at radius 2 is 2.05 bits per heavy atom. The molecule has 3 heteroatoms. The van der Waals surface area contributed by atoms with Crippen LogP contribution in [0, 0.1) is 0 Å². The second-order valence-electron chi connectivity index (χ2n) is 4.95. The number of amides is 1. The standard InChI is InChI=1S/C16H17NO2/c1-2-14-10-12-6-3-4-7-13(12)11-17(14)16(18)15-8-5-9-19-15/h3-9,14H,2,10-11H2,1H3. The molecule has 2 heterocycles. The maximum Gasteiger partial charge on any atom is 0.290 e. The van der Waals surface area contributed by atoms with E-state index in [1.54, 1.807) is 18.4 Å². The van der Waals surface area contributed by atoms with E-state index >= 15 is 0 Å². The van der Waals surface area contributed by atoms with Crippen molar-refractivity contribution in [2.75, 3.05) is 0 Å². The van der Waals surface area contributed by atoms with Crippen LogP contribution in [0.5, 0.6) is 0 Å². The highest BCUT2D eigenvalue weighted by Gasteiger charge is 2.30. The van der Waals surface area contributed by atoms with Crippen LogP contribution < -0.4 is 0 Å². The molecule has 1 aliphatic heterocycles. The van der Waals surface area contributed by atoms with Crippen molar-refractivity contribution >= 4 is 5.91 Å². The molecule has 3 rings (SSSR count). The van der Waals surface area contributed by atoms with Crippen molar-refractivity contribution in [2.24, 2.45) is 0 Å². The predicted molar refractivity (Wildman–Crippen MR) is 72.8 cm³/mol. The summed E-state index contributed by atoms with van der Waals surface area (Å²) in [6.45, 7) is 2.80. The Balaban J connectivity index is 1.91. The van der Waals surface area contributed by atoms with Gasteiger partial charge in [-0.05, 0) is 36.1 Å². The smallest absolute Gasteiger partial charge is 0.290 e. The van der Waals surface area contributed by atoms with E-state index in [1.807, 2.05) is 11.0 Å². The Morgan fingerprint density at radius 1 is 1.26 bits per heavy atom. The Morgan fingerprint density at radius 3 is 2.74 bits per heavy atom. The molecule has 0 bridgehead atoms. The van der Waals surface area contributed by atoms with Gasteiger partial charge in [-0.3, -0.25) is 4.79 Å². The van der Waals surface area contributed by atoms with E-state index in [0.29, 0.717) is 12.3 Å². The lowest BCUT2D eigenvalue weighted by Crippen LogP contribution is -2.43. The molecule has 19 heavy (non-hydrogen) atoms. The minimum absolute atomic E-state index is 0.00801. The maximum absolute atomic E-state index is 12.5. The van der Waals surface area contributed by atoms with Gasteiger partial charge >= 0.3 is 0 Å². The summed E-state index contributed by atoms with van der Waals surface area (Å²) in [5.74, 6) is 0.421. The van der Waals surface area contributed by atoms with Crippen molar-refractivity contribution in [2.45, 2.75) is 32.4 Å². The number of fused-ring (bicyclic) bond motifs is 1. The molecule has 1 unspecified atom stereocenters. The number of furan rings is 1. The number of hydrogen-bond donors (Lipinski definition) is 0. The molecule has 0 saturated carbocycles. The third-order valence-corrected chi connectivity index (χ3v) is 3.82. The maximum atomic E-state index is 12.5. The number of hydrogen-bond acceptors (Lipinski definition) is 2. The van der Waals surface area contributed by atoms with E-state index in [2.05, 4.69) is 25.1 Å². The van der Waals surface area contributed by atoms with Crippen LogP contribution >= 0.6 is 0 Å². The van der Waals surface area contributed by atoms with Crippen LogP contribution in [0.25, 0.3) is 0 Å². The fraction of sp³-hybridized carbons (Fsp3) is 0.312. The van der Waals surface area contributed by atoms with Gasteiger partial charge in [0.15, 0.2) is 5.76 Å². The predicted octanol–water partition coefficient (Wildman–Crippen LogP) is 3.26. The number of carbonyl (C=O) groups is 1. The highest BCUT2D eigenvalue weighted by atomic mass is 16.3. The number of nitrogens with zero attached hydrogens (tertiary/aromatic N) is 1. The molecule has 0 saturated heterocycles. The normalized spacial score (nSPS) is 18.2. The average Bonchev–Trinajstić information content (AvgIpc) is 2.99. The topological polar surface area (TPSA) is 33.5 Å². The van der Waals surface area contributed by atoms with E-state index in [4.69, 9.17) is 4.42 Å². The molecule has 2 aromatic rings. The van der Waals surface area contributed by atoms with Gasteiger partial charge in [0, 0.05) is 12.6 Å². The average molecular weight is 255 g/mol. The fourth-order valence-corrected chi connectivity index (χ4v) is 2.73. The summed E-state index contributed by atoms with van der Waals surface area (Å²) in [5, 5.41) is 0. The lowest BCUT2D eigenvalue weighted by molar-refractivity contribution is 0.0602. The third kappa shape index (κ3) is 2.16. The van der Waals surface area contributed by atoms with Gasteiger partial charge in [-0.25, -0.2) is 0 Å². The monoisotopic (exact) mass is 255 g/mol. The second kappa shape index (κ2) is 4.92. The lowest BCUT2D eigenvalue weighted by Gasteiger charge is -2.36. The Hall–Kier alpha value is -2.03. The molecule has 3 nitrogen and oxygen atoms in total. The lowest BCUT2D eigenvalue weighted by atomic mass is 9.92. The van der Waals surface area contributed by atoms with Crippen LogP contribution in [-0.4, -0.2) is 16.8 Å². The van der Waals surface area contributed by atoms with Gasteiger partial charge in [0.1, 0.15) is 0 Å². The molecule has 1 aliphatic rings. The summed E-state index contributed by atoms with van der Waals surface area (Å²) in [5.41, 5.74) is 2.60. The zero-order valence-corrected chi connectivity index (χ0v) is 11.0. The van der Waals surface area contributed by atoms with Crippen molar-refractivity contribution in [1.29, 1.82) is 0 Å². The van der Waals surface area contributed by atoms with Crippen LogP contribution in [0.1, 0.15) is 35.0 Å². The molecule has 1 aromatic carbocycles. The molecule has 0 fully saturated rings. The van der Waals surface area contributed by atoms with E-state index < -0.39 is 0 Å². The van der Waals surface area contributed by atoms with E-state index in [0.717, 1.165) is 12.8 Å². The molecule has 0 aliphatic carbocycles. The van der Waals surface area contributed by atoms with Gasteiger partial charge < -0.3 is 9.32 Å². The molecule has 0 N–H and O–H groups in total. The molecular formula is C16H17NO2. The van der Waals surface area contributed by atoms with Gasteiger partial charge in [0.25, 0.3) is 5.91 Å². The second-order valence-corrected chi connectivity index (χ2v) is 4.95. The van der Waals surface area contributed by atoms with Gasteiger partial charge in [-0.1, -0.05) is 31.2 Å². The third-order valence-electron chi connectivity index (χ3n) is 3.82. The van der Waals surface area contributed by atoms with Crippen LogP contribution in [-0.2, 0) is 13.0 Å². The summed E-state index contributed by atoms with van der Waals surface area (Å²) < 4.78 is 5.24. The first-order chi connectivity index (χ1) is 9.29. The Labute approximate surface area is 112 Å². The summed E-state index contributed by atoms with van der Waals surface area (Å²) >= 11 is 0. The minimum Gasteiger partial charge on any atom is -0.459 e. The zero-order valence-electron chi connectivity index (χ0n) is 11.0. The van der Waals surface area contributed by atoms with Crippen molar-refractivity contribution in [3.05, 3.63) is 59.5 Å². The summed E-state index contributed by atoms with van der Waals surface area (Å²) in [7, 11) is 0. The zero-order chi connectivity index (χ0) is 13.2.